The molecular weight excluding hydrogens is 330 g/mol. The van der Waals surface area contributed by atoms with E-state index in [1.54, 1.807) is 0 Å². The zero-order chi connectivity index (χ0) is 18.7. The molecule has 1 aliphatic heterocycles. The molecule has 4 nitrogen and oxygen atoms in total. The molecular formula is C20H33NO3Si. The van der Waals surface area contributed by atoms with Gasteiger partial charge in [0.2, 0.25) is 0 Å². The molecule has 140 valence electrons. The van der Waals surface area contributed by atoms with E-state index < -0.39 is 20.3 Å². The summed E-state index contributed by atoms with van der Waals surface area (Å²) in [5.74, 6) is -0.721. The van der Waals surface area contributed by atoms with E-state index in [4.69, 9.17) is 4.43 Å². The van der Waals surface area contributed by atoms with Crippen molar-refractivity contribution in [2.75, 3.05) is 13.1 Å². The third-order valence-electron chi connectivity index (χ3n) is 5.67. The van der Waals surface area contributed by atoms with Crippen LogP contribution in [0.5, 0.6) is 0 Å². The molecule has 1 fully saturated rings. The van der Waals surface area contributed by atoms with Crippen LogP contribution in [0.2, 0.25) is 18.1 Å². The first kappa shape index (κ1) is 20.1. The number of carbonyl (C=O) groups is 1. The number of hydrogen-bond acceptors (Lipinski definition) is 3. The summed E-state index contributed by atoms with van der Waals surface area (Å²) in [6, 6.07) is 9.96. The number of aliphatic carboxylic acids is 1. The second kappa shape index (κ2) is 8.02. The van der Waals surface area contributed by atoms with Gasteiger partial charge in [0.15, 0.2) is 8.32 Å². The van der Waals surface area contributed by atoms with Crippen molar-refractivity contribution in [2.24, 2.45) is 0 Å². The van der Waals surface area contributed by atoms with Crippen LogP contribution in [0.15, 0.2) is 30.3 Å². The number of aryl methyl sites for hydroxylation is 1. The van der Waals surface area contributed by atoms with Gasteiger partial charge in [0.05, 0.1) is 6.10 Å². The first-order valence-corrected chi connectivity index (χ1v) is 12.2. The Morgan fingerprint density at radius 2 is 1.92 bits per heavy atom. The van der Waals surface area contributed by atoms with Crippen LogP contribution in [-0.2, 0) is 15.6 Å². The normalized spacial score (nSPS) is 22.3. The molecule has 2 rings (SSSR count). The third-order valence-corrected chi connectivity index (χ3v) is 10.2. The van der Waals surface area contributed by atoms with Crippen LogP contribution in [0.3, 0.4) is 0 Å². The number of rotatable bonds is 7. The minimum Gasteiger partial charge on any atom is -0.480 e. The first-order chi connectivity index (χ1) is 11.6. The molecule has 5 heteroatoms. The summed E-state index contributed by atoms with van der Waals surface area (Å²) in [7, 11) is -1.87. The second-order valence-corrected chi connectivity index (χ2v) is 13.4. The summed E-state index contributed by atoms with van der Waals surface area (Å²) >= 11 is 0. The van der Waals surface area contributed by atoms with Crippen molar-refractivity contribution in [1.29, 1.82) is 0 Å². The summed E-state index contributed by atoms with van der Waals surface area (Å²) in [6.07, 6.45) is 2.60. The Hall–Kier alpha value is -1.17. The van der Waals surface area contributed by atoms with Gasteiger partial charge in [-0.25, -0.2) is 0 Å². The maximum absolute atomic E-state index is 11.7. The maximum Gasteiger partial charge on any atom is 0.321 e. The fourth-order valence-corrected chi connectivity index (χ4v) is 4.53. The topological polar surface area (TPSA) is 49.8 Å². The number of carboxylic acid groups (broad SMARTS) is 1. The van der Waals surface area contributed by atoms with E-state index in [0.29, 0.717) is 6.42 Å². The molecule has 0 aliphatic carbocycles. The lowest BCUT2D eigenvalue weighted by Gasteiger charge is -2.38. The van der Waals surface area contributed by atoms with Gasteiger partial charge in [0.1, 0.15) is 6.04 Å². The number of hydrogen-bond donors (Lipinski definition) is 1. The fraction of sp³-hybridized carbons (Fsp3) is 0.650. The Morgan fingerprint density at radius 1 is 1.28 bits per heavy atom. The lowest BCUT2D eigenvalue weighted by atomic mass is 10.1. The minimum atomic E-state index is -1.87. The highest BCUT2D eigenvalue weighted by atomic mass is 28.4. The van der Waals surface area contributed by atoms with Crippen LogP contribution in [0.25, 0.3) is 0 Å². The monoisotopic (exact) mass is 363 g/mol. The highest BCUT2D eigenvalue weighted by Gasteiger charge is 2.43. The zero-order valence-electron chi connectivity index (χ0n) is 16.3. The van der Waals surface area contributed by atoms with Crippen molar-refractivity contribution in [3.63, 3.8) is 0 Å². The Balaban J connectivity index is 1.92. The zero-order valence-corrected chi connectivity index (χ0v) is 17.3. The number of nitrogens with zero attached hydrogens (tertiary/aromatic N) is 1. The summed E-state index contributed by atoms with van der Waals surface area (Å²) in [5, 5.41) is 9.74. The lowest BCUT2D eigenvalue weighted by Crippen LogP contribution is -2.44. The van der Waals surface area contributed by atoms with Gasteiger partial charge in [-0.3, -0.25) is 9.69 Å². The van der Waals surface area contributed by atoms with Gasteiger partial charge in [0, 0.05) is 6.54 Å². The summed E-state index contributed by atoms with van der Waals surface area (Å²) in [4.78, 5) is 13.8. The van der Waals surface area contributed by atoms with Crippen molar-refractivity contribution in [3.8, 4) is 0 Å². The number of likely N-dealkylation sites (tertiary alicyclic amines) is 1. The van der Waals surface area contributed by atoms with E-state index in [0.717, 1.165) is 25.9 Å². The highest BCUT2D eigenvalue weighted by molar-refractivity contribution is 6.74. The van der Waals surface area contributed by atoms with Gasteiger partial charge in [-0.1, -0.05) is 51.1 Å². The van der Waals surface area contributed by atoms with Crippen LogP contribution < -0.4 is 0 Å². The van der Waals surface area contributed by atoms with Crippen LogP contribution in [0.1, 0.15) is 39.2 Å². The Labute approximate surface area is 153 Å². The fourth-order valence-electron chi connectivity index (χ4n) is 3.18. The van der Waals surface area contributed by atoms with E-state index in [1.807, 2.05) is 18.2 Å². The quantitative estimate of drug-likeness (QED) is 0.739. The summed E-state index contributed by atoms with van der Waals surface area (Å²) < 4.78 is 6.47. The van der Waals surface area contributed by atoms with Crippen LogP contribution in [0.4, 0.5) is 0 Å². The predicted octanol–water partition coefficient (Wildman–Crippen LogP) is 4.17. The smallest absolute Gasteiger partial charge is 0.321 e. The molecule has 0 spiro atoms. The highest BCUT2D eigenvalue weighted by Crippen LogP contribution is 2.38. The van der Waals surface area contributed by atoms with Gasteiger partial charge in [-0.05, 0) is 49.5 Å². The molecule has 0 bridgehead atoms. The van der Waals surface area contributed by atoms with Crippen LogP contribution >= 0.6 is 0 Å². The van der Waals surface area contributed by atoms with Crippen molar-refractivity contribution >= 4 is 14.3 Å². The van der Waals surface area contributed by atoms with Gasteiger partial charge in [-0.15, -0.1) is 0 Å². The summed E-state index contributed by atoms with van der Waals surface area (Å²) in [6.45, 7) is 12.7. The molecule has 1 N–H and O–H groups in total. The molecule has 0 saturated carbocycles. The van der Waals surface area contributed by atoms with Crippen molar-refractivity contribution < 1.29 is 14.3 Å². The molecule has 2 atom stereocenters. The Morgan fingerprint density at radius 3 is 2.48 bits per heavy atom. The largest absolute Gasteiger partial charge is 0.480 e. The Bertz CT molecular complexity index is 568. The molecule has 25 heavy (non-hydrogen) atoms. The molecule has 1 aromatic rings. The number of benzene rings is 1. The van der Waals surface area contributed by atoms with Crippen LogP contribution in [0, 0.1) is 0 Å². The molecule has 0 amide bonds. The van der Waals surface area contributed by atoms with E-state index >= 15 is 0 Å². The van der Waals surface area contributed by atoms with E-state index in [1.165, 1.54) is 5.56 Å². The van der Waals surface area contributed by atoms with E-state index in [9.17, 15) is 9.90 Å². The van der Waals surface area contributed by atoms with Gasteiger partial charge >= 0.3 is 5.97 Å². The Kier molecular flexibility index (Phi) is 6.46. The molecule has 0 aromatic heterocycles. The first-order valence-electron chi connectivity index (χ1n) is 9.29. The van der Waals surface area contributed by atoms with Gasteiger partial charge < -0.3 is 9.53 Å². The van der Waals surface area contributed by atoms with Crippen molar-refractivity contribution in [3.05, 3.63) is 35.9 Å². The third kappa shape index (κ3) is 5.40. The second-order valence-electron chi connectivity index (χ2n) is 8.67. The van der Waals surface area contributed by atoms with Crippen molar-refractivity contribution in [1.82, 2.24) is 4.90 Å². The molecule has 2 unspecified atom stereocenters. The van der Waals surface area contributed by atoms with E-state index in [2.05, 4.69) is 50.9 Å². The van der Waals surface area contributed by atoms with E-state index in [-0.39, 0.29) is 11.1 Å². The van der Waals surface area contributed by atoms with Gasteiger partial charge in [-0.2, -0.15) is 0 Å². The summed E-state index contributed by atoms with van der Waals surface area (Å²) in [5.41, 5.74) is 1.31. The predicted molar refractivity (Wildman–Crippen MR) is 104 cm³/mol. The molecule has 1 saturated heterocycles. The van der Waals surface area contributed by atoms with Crippen molar-refractivity contribution in [2.45, 2.75) is 70.3 Å². The lowest BCUT2D eigenvalue weighted by molar-refractivity contribution is -0.142. The molecule has 0 radical (unpaired) electrons. The maximum atomic E-state index is 11.7. The molecule has 1 heterocycles. The average molecular weight is 364 g/mol. The SMILES string of the molecule is CC(C)(C)[Si](C)(C)OC1CC(C(=O)O)N(CCCc2ccccc2)C1. The van der Waals surface area contributed by atoms with Gasteiger partial charge in [0.25, 0.3) is 0 Å². The van der Waals surface area contributed by atoms with Crippen LogP contribution in [-0.4, -0.2) is 49.5 Å². The average Bonchev–Trinajstić information content (AvgIpc) is 2.89. The minimum absolute atomic E-state index is 0.0405. The standard InChI is InChI=1S/C20H33NO3Si/c1-20(2,3)25(4,5)24-17-14-18(19(22)23)21(15-17)13-9-12-16-10-7-6-8-11-16/h6-8,10-11,17-18H,9,12-15H2,1-5H3,(H,22,23). The number of carboxylic acids is 1. The molecule has 1 aliphatic rings. The molecule has 1 aromatic carbocycles.